The van der Waals surface area contributed by atoms with E-state index in [1.807, 2.05) is 0 Å². The second kappa shape index (κ2) is 4.33. The molecule has 0 spiro atoms. The molecule has 5 nitrogen and oxygen atoms in total. The van der Waals surface area contributed by atoms with Gasteiger partial charge in [0.2, 0.25) is 0 Å². The van der Waals surface area contributed by atoms with Gasteiger partial charge in [-0.1, -0.05) is 23.2 Å². The van der Waals surface area contributed by atoms with Crippen LogP contribution in [0.4, 0.5) is 0 Å². The summed E-state index contributed by atoms with van der Waals surface area (Å²) in [4.78, 5) is 28.5. The first-order valence-corrected chi connectivity index (χ1v) is 6.52. The standard InChI is InChI=1S/C13H9Cl2N3O2/c1-17-11-9(12(19)18(2)13(17)20)10(15)7-4-3-6(14)5-8(7)16-11/h3-5H,1-2H3. The maximum absolute atomic E-state index is 12.2. The van der Waals surface area contributed by atoms with Crippen molar-refractivity contribution in [2.24, 2.45) is 14.1 Å². The lowest BCUT2D eigenvalue weighted by Crippen LogP contribution is -2.37. The van der Waals surface area contributed by atoms with E-state index in [2.05, 4.69) is 4.98 Å². The first-order valence-electron chi connectivity index (χ1n) is 5.76. The number of aromatic nitrogens is 3. The average Bonchev–Trinajstić information content (AvgIpc) is 2.42. The Labute approximate surface area is 123 Å². The van der Waals surface area contributed by atoms with E-state index in [9.17, 15) is 9.59 Å². The molecule has 0 aliphatic heterocycles. The molecule has 0 saturated heterocycles. The number of rotatable bonds is 0. The van der Waals surface area contributed by atoms with Gasteiger partial charge in [0.05, 0.1) is 10.5 Å². The van der Waals surface area contributed by atoms with Gasteiger partial charge in [0.15, 0.2) is 5.65 Å². The third kappa shape index (κ3) is 1.67. The predicted molar refractivity (Wildman–Crippen MR) is 79.8 cm³/mol. The summed E-state index contributed by atoms with van der Waals surface area (Å²) < 4.78 is 2.31. The summed E-state index contributed by atoms with van der Waals surface area (Å²) in [6, 6.07) is 5.02. The highest BCUT2D eigenvalue weighted by Gasteiger charge is 2.16. The molecule has 0 amide bonds. The molecule has 0 saturated carbocycles. The number of fused-ring (bicyclic) bond motifs is 2. The van der Waals surface area contributed by atoms with E-state index in [1.54, 1.807) is 25.2 Å². The fraction of sp³-hybridized carbons (Fsp3) is 0.154. The van der Waals surface area contributed by atoms with Crippen molar-refractivity contribution in [1.29, 1.82) is 0 Å². The quantitative estimate of drug-likeness (QED) is 0.597. The van der Waals surface area contributed by atoms with E-state index < -0.39 is 11.2 Å². The molecule has 0 aliphatic carbocycles. The van der Waals surface area contributed by atoms with Gasteiger partial charge in [0, 0.05) is 24.5 Å². The van der Waals surface area contributed by atoms with Crippen LogP contribution >= 0.6 is 23.2 Å². The highest BCUT2D eigenvalue weighted by Crippen LogP contribution is 2.29. The van der Waals surface area contributed by atoms with Crippen molar-refractivity contribution in [3.8, 4) is 0 Å². The van der Waals surface area contributed by atoms with Gasteiger partial charge >= 0.3 is 5.69 Å². The first kappa shape index (κ1) is 13.1. The van der Waals surface area contributed by atoms with Crippen LogP contribution in [-0.4, -0.2) is 14.1 Å². The van der Waals surface area contributed by atoms with Crippen molar-refractivity contribution >= 4 is 45.1 Å². The van der Waals surface area contributed by atoms with Crippen LogP contribution in [0.5, 0.6) is 0 Å². The highest BCUT2D eigenvalue weighted by atomic mass is 35.5. The Morgan fingerprint density at radius 1 is 1.10 bits per heavy atom. The zero-order valence-corrected chi connectivity index (χ0v) is 12.2. The highest BCUT2D eigenvalue weighted by molar-refractivity contribution is 6.40. The van der Waals surface area contributed by atoms with Crippen LogP contribution in [0.15, 0.2) is 27.8 Å². The zero-order valence-electron chi connectivity index (χ0n) is 10.6. The second-order valence-corrected chi connectivity index (χ2v) is 5.31. The van der Waals surface area contributed by atoms with E-state index in [0.717, 1.165) is 4.57 Å². The second-order valence-electron chi connectivity index (χ2n) is 4.49. The molecule has 0 aliphatic rings. The minimum absolute atomic E-state index is 0.228. The Morgan fingerprint density at radius 2 is 1.80 bits per heavy atom. The maximum Gasteiger partial charge on any atom is 0.332 e. The van der Waals surface area contributed by atoms with Crippen molar-refractivity contribution in [3.05, 3.63) is 49.1 Å². The van der Waals surface area contributed by atoms with Crippen LogP contribution in [-0.2, 0) is 14.1 Å². The molecule has 0 bridgehead atoms. The molecule has 102 valence electrons. The number of aryl methyl sites for hydroxylation is 1. The molecule has 0 unspecified atom stereocenters. The molecule has 0 radical (unpaired) electrons. The van der Waals surface area contributed by atoms with Gasteiger partial charge in [0.25, 0.3) is 5.56 Å². The van der Waals surface area contributed by atoms with Gasteiger partial charge < -0.3 is 0 Å². The van der Waals surface area contributed by atoms with Crippen LogP contribution in [0.3, 0.4) is 0 Å². The van der Waals surface area contributed by atoms with Crippen molar-refractivity contribution in [3.63, 3.8) is 0 Å². The summed E-state index contributed by atoms with van der Waals surface area (Å²) in [6.07, 6.45) is 0. The zero-order chi connectivity index (χ0) is 14.6. The number of nitrogens with zero attached hydrogens (tertiary/aromatic N) is 3. The molecule has 0 fully saturated rings. The van der Waals surface area contributed by atoms with Gasteiger partial charge in [-0.3, -0.25) is 13.9 Å². The Kier molecular flexibility index (Phi) is 2.84. The van der Waals surface area contributed by atoms with Crippen LogP contribution in [0, 0.1) is 0 Å². The topological polar surface area (TPSA) is 56.9 Å². The van der Waals surface area contributed by atoms with Gasteiger partial charge in [-0.25, -0.2) is 9.78 Å². The molecular weight excluding hydrogens is 301 g/mol. The minimum atomic E-state index is -0.461. The fourth-order valence-corrected chi connectivity index (χ4v) is 2.68. The van der Waals surface area contributed by atoms with Gasteiger partial charge in [-0.15, -0.1) is 0 Å². The molecule has 20 heavy (non-hydrogen) atoms. The number of halogens is 2. The van der Waals surface area contributed by atoms with Crippen LogP contribution in [0.25, 0.3) is 21.9 Å². The van der Waals surface area contributed by atoms with E-state index >= 15 is 0 Å². The van der Waals surface area contributed by atoms with Crippen molar-refractivity contribution in [1.82, 2.24) is 14.1 Å². The molecule has 2 heterocycles. The van der Waals surface area contributed by atoms with Crippen LogP contribution in [0.1, 0.15) is 0 Å². The molecule has 2 aromatic heterocycles. The third-order valence-corrected chi connectivity index (χ3v) is 3.90. The monoisotopic (exact) mass is 309 g/mol. The molecule has 1 aromatic carbocycles. The Hall–Kier alpha value is -1.85. The molecular formula is C13H9Cl2N3O2. The van der Waals surface area contributed by atoms with Crippen molar-refractivity contribution < 1.29 is 0 Å². The fourth-order valence-electron chi connectivity index (χ4n) is 2.19. The lowest BCUT2D eigenvalue weighted by molar-refractivity contribution is 0.708. The molecule has 0 N–H and O–H groups in total. The summed E-state index contributed by atoms with van der Waals surface area (Å²) in [6.45, 7) is 0. The SMILES string of the molecule is Cn1c(=O)c2c(Cl)c3ccc(Cl)cc3nc2n(C)c1=O. The van der Waals surface area contributed by atoms with E-state index in [0.29, 0.717) is 15.9 Å². The van der Waals surface area contributed by atoms with Crippen LogP contribution < -0.4 is 11.2 Å². The molecule has 3 rings (SSSR count). The number of pyridine rings is 1. The molecule has 7 heteroatoms. The van der Waals surface area contributed by atoms with Gasteiger partial charge in [-0.2, -0.15) is 0 Å². The lowest BCUT2D eigenvalue weighted by atomic mass is 10.2. The number of benzene rings is 1. The average molecular weight is 310 g/mol. The number of hydrogen-bond donors (Lipinski definition) is 0. The van der Waals surface area contributed by atoms with E-state index in [4.69, 9.17) is 23.2 Å². The predicted octanol–water partition coefficient (Wildman–Crippen LogP) is 2.09. The van der Waals surface area contributed by atoms with E-state index in [-0.39, 0.29) is 16.1 Å². The summed E-state index contributed by atoms with van der Waals surface area (Å²) in [5, 5.41) is 1.64. The largest absolute Gasteiger partial charge is 0.332 e. The van der Waals surface area contributed by atoms with E-state index in [1.165, 1.54) is 11.6 Å². The summed E-state index contributed by atoms with van der Waals surface area (Å²) in [7, 11) is 2.95. The normalized spacial score (nSPS) is 11.4. The van der Waals surface area contributed by atoms with Gasteiger partial charge in [0.1, 0.15) is 5.39 Å². The molecule has 0 atom stereocenters. The summed E-state index contributed by atoms with van der Waals surface area (Å²) >= 11 is 12.2. The number of hydrogen-bond acceptors (Lipinski definition) is 3. The Balaban J connectivity index is 2.71. The summed E-state index contributed by atoms with van der Waals surface area (Å²) in [5.74, 6) is 0. The van der Waals surface area contributed by atoms with Crippen molar-refractivity contribution in [2.75, 3.05) is 0 Å². The Morgan fingerprint density at radius 3 is 2.50 bits per heavy atom. The third-order valence-electron chi connectivity index (χ3n) is 3.28. The smallest absolute Gasteiger partial charge is 0.280 e. The summed E-state index contributed by atoms with van der Waals surface area (Å²) in [5.41, 5.74) is -0.124. The van der Waals surface area contributed by atoms with Gasteiger partial charge in [-0.05, 0) is 18.2 Å². The minimum Gasteiger partial charge on any atom is -0.280 e. The maximum atomic E-state index is 12.2. The lowest BCUT2D eigenvalue weighted by Gasteiger charge is -2.10. The van der Waals surface area contributed by atoms with Crippen LogP contribution in [0.2, 0.25) is 10.0 Å². The van der Waals surface area contributed by atoms with Crippen molar-refractivity contribution in [2.45, 2.75) is 0 Å². The first-order chi connectivity index (χ1) is 9.41. The molecule has 3 aromatic rings. The Bertz CT molecular complexity index is 989.